The van der Waals surface area contributed by atoms with Gasteiger partial charge in [0.2, 0.25) is 5.91 Å². The molecule has 0 saturated heterocycles. The maximum absolute atomic E-state index is 13.4. The van der Waals surface area contributed by atoms with E-state index in [1.807, 2.05) is 24.3 Å². The Morgan fingerprint density at radius 2 is 1.78 bits per heavy atom. The zero-order valence-electron chi connectivity index (χ0n) is 17.2. The van der Waals surface area contributed by atoms with Crippen LogP contribution in [-0.4, -0.2) is 28.3 Å². The van der Waals surface area contributed by atoms with Gasteiger partial charge in [-0.25, -0.2) is 9.37 Å². The van der Waals surface area contributed by atoms with Crippen molar-refractivity contribution < 1.29 is 13.9 Å². The molecule has 0 aliphatic rings. The highest BCUT2D eigenvalue weighted by Crippen LogP contribution is 2.21. The fraction of sp³-hybridized carbons (Fsp3) is 0.125. The van der Waals surface area contributed by atoms with Gasteiger partial charge in [-0.1, -0.05) is 36.0 Å². The highest BCUT2D eigenvalue weighted by molar-refractivity contribution is 7.99. The van der Waals surface area contributed by atoms with Crippen molar-refractivity contribution in [2.24, 2.45) is 0 Å². The van der Waals surface area contributed by atoms with Gasteiger partial charge in [-0.2, -0.15) is 0 Å². The van der Waals surface area contributed by atoms with Gasteiger partial charge in [0.1, 0.15) is 11.6 Å². The lowest BCUT2D eigenvalue weighted by atomic mass is 10.2. The average Bonchev–Trinajstić information content (AvgIpc) is 2.82. The molecule has 162 valence electrons. The first-order valence-electron chi connectivity index (χ1n) is 9.85. The van der Waals surface area contributed by atoms with Crippen molar-refractivity contribution in [3.8, 4) is 11.4 Å². The van der Waals surface area contributed by atoms with Crippen LogP contribution in [0.2, 0.25) is 0 Å². The second-order valence-electron chi connectivity index (χ2n) is 6.94. The molecule has 0 spiro atoms. The molecule has 6 nitrogen and oxygen atoms in total. The van der Waals surface area contributed by atoms with Crippen LogP contribution in [-0.2, 0) is 11.3 Å². The Hall–Kier alpha value is -3.65. The van der Waals surface area contributed by atoms with Crippen molar-refractivity contribution in [2.45, 2.75) is 11.7 Å². The Balaban J connectivity index is 1.55. The van der Waals surface area contributed by atoms with Gasteiger partial charge < -0.3 is 10.1 Å². The fourth-order valence-corrected chi connectivity index (χ4v) is 3.99. The largest absolute Gasteiger partial charge is 0.497 e. The van der Waals surface area contributed by atoms with Crippen LogP contribution in [0.1, 0.15) is 5.56 Å². The number of nitrogens with one attached hydrogen (secondary N) is 1. The number of para-hydroxylation sites is 1. The minimum Gasteiger partial charge on any atom is -0.497 e. The van der Waals surface area contributed by atoms with E-state index < -0.39 is 5.82 Å². The normalized spacial score (nSPS) is 10.8. The van der Waals surface area contributed by atoms with E-state index in [2.05, 4.69) is 10.3 Å². The number of thioether (sulfide) groups is 1. The van der Waals surface area contributed by atoms with Crippen molar-refractivity contribution in [2.75, 3.05) is 12.9 Å². The number of hydrogen-bond donors (Lipinski definition) is 1. The van der Waals surface area contributed by atoms with E-state index in [0.29, 0.717) is 28.3 Å². The molecule has 0 aliphatic heterocycles. The zero-order chi connectivity index (χ0) is 22.5. The molecule has 0 unspecified atom stereocenters. The van der Waals surface area contributed by atoms with E-state index in [0.717, 1.165) is 23.1 Å². The number of fused-ring (bicyclic) bond motifs is 1. The Morgan fingerprint density at radius 1 is 1.06 bits per heavy atom. The molecule has 32 heavy (non-hydrogen) atoms. The smallest absolute Gasteiger partial charge is 0.266 e. The predicted molar refractivity (Wildman–Crippen MR) is 123 cm³/mol. The van der Waals surface area contributed by atoms with Crippen LogP contribution in [0.15, 0.2) is 82.7 Å². The number of rotatable bonds is 7. The van der Waals surface area contributed by atoms with Crippen molar-refractivity contribution in [3.05, 3.63) is 94.5 Å². The van der Waals surface area contributed by atoms with Crippen LogP contribution in [0.4, 0.5) is 4.39 Å². The number of methoxy groups -OCH3 is 1. The Morgan fingerprint density at radius 3 is 2.50 bits per heavy atom. The first-order chi connectivity index (χ1) is 15.5. The summed E-state index contributed by atoms with van der Waals surface area (Å²) in [5.74, 6) is 0.223. The Kier molecular flexibility index (Phi) is 6.51. The number of nitrogens with zero attached hydrogens (tertiary/aromatic N) is 2. The van der Waals surface area contributed by atoms with Crippen molar-refractivity contribution in [1.82, 2.24) is 14.9 Å². The first kappa shape index (κ1) is 21.6. The number of aromatic nitrogens is 2. The van der Waals surface area contributed by atoms with Gasteiger partial charge in [0.05, 0.1) is 29.5 Å². The van der Waals surface area contributed by atoms with Crippen molar-refractivity contribution in [1.29, 1.82) is 0 Å². The zero-order valence-corrected chi connectivity index (χ0v) is 18.1. The molecule has 0 bridgehead atoms. The molecule has 0 aliphatic carbocycles. The number of halogens is 1. The molecule has 4 rings (SSSR count). The van der Waals surface area contributed by atoms with Crippen LogP contribution in [0, 0.1) is 5.82 Å². The monoisotopic (exact) mass is 449 g/mol. The molecular weight excluding hydrogens is 429 g/mol. The van der Waals surface area contributed by atoms with Gasteiger partial charge >= 0.3 is 0 Å². The van der Waals surface area contributed by atoms with Crippen molar-refractivity contribution >= 4 is 28.6 Å². The molecule has 0 fully saturated rings. The van der Waals surface area contributed by atoms with Gasteiger partial charge in [-0.15, -0.1) is 0 Å². The van der Waals surface area contributed by atoms with Crippen LogP contribution in [0.5, 0.6) is 5.75 Å². The minimum atomic E-state index is -0.400. The highest BCUT2D eigenvalue weighted by Gasteiger charge is 2.15. The third-order valence-electron chi connectivity index (χ3n) is 4.81. The van der Waals surface area contributed by atoms with E-state index in [1.54, 1.807) is 31.4 Å². The molecule has 0 atom stereocenters. The maximum Gasteiger partial charge on any atom is 0.266 e. The second-order valence-corrected chi connectivity index (χ2v) is 7.88. The summed E-state index contributed by atoms with van der Waals surface area (Å²) in [4.78, 5) is 30.2. The molecule has 1 aromatic heterocycles. The maximum atomic E-state index is 13.4. The predicted octanol–water partition coefficient (Wildman–Crippen LogP) is 3.94. The van der Waals surface area contributed by atoms with Gasteiger partial charge in [0, 0.05) is 6.54 Å². The lowest BCUT2D eigenvalue weighted by molar-refractivity contribution is -0.118. The van der Waals surface area contributed by atoms with E-state index in [1.165, 1.54) is 28.8 Å². The molecular formula is C24H20FN3O3S. The van der Waals surface area contributed by atoms with E-state index >= 15 is 0 Å². The van der Waals surface area contributed by atoms with E-state index in [9.17, 15) is 14.0 Å². The fourth-order valence-electron chi connectivity index (χ4n) is 3.15. The number of benzene rings is 3. The van der Waals surface area contributed by atoms with Gasteiger partial charge in [-0.05, 0) is 54.1 Å². The van der Waals surface area contributed by atoms with Crippen LogP contribution in [0.25, 0.3) is 16.6 Å². The molecule has 0 radical (unpaired) electrons. The quantitative estimate of drug-likeness (QED) is 0.342. The van der Waals surface area contributed by atoms with Crippen molar-refractivity contribution in [3.63, 3.8) is 0 Å². The van der Waals surface area contributed by atoms with Gasteiger partial charge in [0.25, 0.3) is 5.56 Å². The topological polar surface area (TPSA) is 73.2 Å². The molecule has 0 saturated carbocycles. The minimum absolute atomic E-state index is 0.0716. The third-order valence-corrected chi connectivity index (χ3v) is 5.75. The van der Waals surface area contributed by atoms with E-state index in [-0.39, 0.29) is 17.2 Å². The number of amides is 1. The second kappa shape index (κ2) is 9.65. The van der Waals surface area contributed by atoms with Crippen LogP contribution >= 0.6 is 11.8 Å². The Labute approximate surface area is 188 Å². The van der Waals surface area contributed by atoms with Gasteiger partial charge in [0.15, 0.2) is 5.16 Å². The molecule has 4 aromatic rings. The lowest BCUT2D eigenvalue weighted by Crippen LogP contribution is -2.26. The molecule has 1 amide bonds. The summed E-state index contributed by atoms with van der Waals surface area (Å²) in [6, 6.07) is 20.0. The number of ether oxygens (including phenoxy) is 1. The Bertz CT molecular complexity index is 1310. The summed E-state index contributed by atoms with van der Waals surface area (Å²) < 4.78 is 19.9. The molecule has 1 heterocycles. The molecule has 3 aromatic carbocycles. The lowest BCUT2D eigenvalue weighted by Gasteiger charge is -2.13. The summed E-state index contributed by atoms with van der Waals surface area (Å²) in [7, 11) is 1.60. The highest BCUT2D eigenvalue weighted by atomic mass is 32.2. The summed E-state index contributed by atoms with van der Waals surface area (Å²) in [6.45, 7) is 0.374. The number of carbonyl (C=O) groups excluding carboxylic acids is 1. The summed E-state index contributed by atoms with van der Waals surface area (Å²) in [5.41, 5.74) is 1.69. The SMILES string of the molecule is COc1ccc(CNC(=O)CSc2nc3ccccc3c(=O)n2-c2ccc(F)cc2)cc1. The first-order valence-corrected chi connectivity index (χ1v) is 10.8. The standard InChI is InChI=1S/C24H20FN3O3S/c1-31-19-12-6-16(7-13-19)14-26-22(29)15-32-24-27-21-5-3-2-4-20(21)23(30)28(24)18-10-8-17(25)9-11-18/h2-13H,14-15H2,1H3,(H,26,29). The van der Waals surface area contributed by atoms with Crippen LogP contribution in [0.3, 0.4) is 0 Å². The molecule has 1 N–H and O–H groups in total. The third kappa shape index (κ3) is 4.81. The number of carbonyl (C=O) groups is 1. The van der Waals surface area contributed by atoms with Gasteiger partial charge in [-0.3, -0.25) is 14.2 Å². The average molecular weight is 450 g/mol. The summed E-state index contributed by atoms with van der Waals surface area (Å²) in [5, 5.41) is 3.67. The number of hydrogen-bond acceptors (Lipinski definition) is 5. The summed E-state index contributed by atoms with van der Waals surface area (Å²) in [6.07, 6.45) is 0. The van der Waals surface area contributed by atoms with E-state index in [4.69, 9.17) is 4.74 Å². The molecule has 8 heteroatoms. The summed E-state index contributed by atoms with van der Waals surface area (Å²) >= 11 is 1.15. The van der Waals surface area contributed by atoms with Crippen LogP contribution < -0.4 is 15.6 Å².